The molecule has 0 bridgehead atoms. The van der Waals surface area contributed by atoms with Crippen LogP contribution in [-0.2, 0) is 22.4 Å². The van der Waals surface area contributed by atoms with Gasteiger partial charge in [0.05, 0.1) is 23.7 Å². The number of esters is 1. The Morgan fingerprint density at radius 2 is 2.29 bits per heavy atom. The molecule has 0 radical (unpaired) electrons. The first kappa shape index (κ1) is 16.4. The highest BCUT2D eigenvalue weighted by Gasteiger charge is 2.23. The SMILES string of the molecule is CCOC(=O)CCc1csc(CC2CN(C)CCN2C)n1. The molecule has 0 spiro atoms. The predicted molar refractivity (Wildman–Crippen MR) is 84.7 cm³/mol. The lowest BCUT2D eigenvalue weighted by molar-refractivity contribution is -0.143. The number of carbonyl (C=O) groups is 1. The molecule has 0 N–H and O–H groups in total. The molecule has 1 saturated heterocycles. The lowest BCUT2D eigenvalue weighted by Crippen LogP contribution is -2.50. The topological polar surface area (TPSA) is 45.7 Å². The smallest absolute Gasteiger partial charge is 0.306 e. The Hall–Kier alpha value is -0.980. The Kier molecular flexibility index (Phi) is 6.14. The fraction of sp³-hybridized carbons (Fsp3) is 0.733. The van der Waals surface area contributed by atoms with E-state index in [1.54, 1.807) is 11.3 Å². The highest BCUT2D eigenvalue weighted by molar-refractivity contribution is 7.09. The third-order valence-corrected chi connectivity index (χ3v) is 4.80. The van der Waals surface area contributed by atoms with Gasteiger partial charge in [-0.2, -0.15) is 0 Å². The molecular formula is C15H25N3O2S. The molecule has 2 heterocycles. The Labute approximate surface area is 130 Å². The van der Waals surface area contributed by atoms with Crippen molar-refractivity contribution in [2.75, 3.05) is 40.3 Å². The van der Waals surface area contributed by atoms with Crippen molar-refractivity contribution in [1.82, 2.24) is 14.8 Å². The standard InChI is InChI=1S/C15H25N3O2S/c1-4-20-15(19)6-5-12-11-21-14(16-12)9-13-10-17(2)7-8-18(13)3/h11,13H,4-10H2,1-3H3. The summed E-state index contributed by atoms with van der Waals surface area (Å²) in [6.07, 6.45) is 2.09. The lowest BCUT2D eigenvalue weighted by Gasteiger charge is -2.37. The summed E-state index contributed by atoms with van der Waals surface area (Å²) in [5.41, 5.74) is 1.01. The molecule has 2 rings (SSSR count). The number of nitrogens with zero attached hydrogens (tertiary/aromatic N) is 3. The van der Waals surface area contributed by atoms with Crippen LogP contribution in [-0.4, -0.2) is 67.1 Å². The Bertz CT molecular complexity index is 464. The molecule has 0 aliphatic carbocycles. The van der Waals surface area contributed by atoms with Crippen molar-refractivity contribution < 1.29 is 9.53 Å². The van der Waals surface area contributed by atoms with Gasteiger partial charge in [0.15, 0.2) is 0 Å². The highest BCUT2D eigenvalue weighted by Crippen LogP contribution is 2.17. The summed E-state index contributed by atoms with van der Waals surface area (Å²) in [4.78, 5) is 20.8. The van der Waals surface area contributed by atoms with E-state index in [2.05, 4.69) is 34.3 Å². The van der Waals surface area contributed by atoms with Gasteiger partial charge >= 0.3 is 5.97 Å². The van der Waals surface area contributed by atoms with E-state index in [1.165, 1.54) is 5.01 Å². The largest absolute Gasteiger partial charge is 0.466 e. The molecule has 1 aromatic heterocycles. The maximum absolute atomic E-state index is 11.4. The minimum absolute atomic E-state index is 0.138. The summed E-state index contributed by atoms with van der Waals surface area (Å²) in [5.74, 6) is -0.138. The number of rotatable bonds is 6. The molecule has 1 aliphatic heterocycles. The van der Waals surface area contributed by atoms with Crippen LogP contribution >= 0.6 is 11.3 Å². The van der Waals surface area contributed by atoms with Gasteiger partial charge in [-0.05, 0) is 21.0 Å². The van der Waals surface area contributed by atoms with Gasteiger partial charge in [0, 0.05) is 43.9 Å². The van der Waals surface area contributed by atoms with Crippen LogP contribution in [0.1, 0.15) is 24.0 Å². The van der Waals surface area contributed by atoms with Gasteiger partial charge in [0.1, 0.15) is 0 Å². The molecule has 1 fully saturated rings. The Balaban J connectivity index is 1.83. The second-order valence-electron chi connectivity index (χ2n) is 5.64. The zero-order valence-electron chi connectivity index (χ0n) is 13.2. The third kappa shape index (κ3) is 5.05. The highest BCUT2D eigenvalue weighted by atomic mass is 32.1. The zero-order valence-corrected chi connectivity index (χ0v) is 14.0. The monoisotopic (exact) mass is 311 g/mol. The number of ether oxygens (including phenoxy) is 1. The van der Waals surface area contributed by atoms with Crippen LogP contribution in [0.4, 0.5) is 0 Å². The maximum atomic E-state index is 11.4. The second-order valence-corrected chi connectivity index (χ2v) is 6.58. The summed E-state index contributed by atoms with van der Waals surface area (Å²) in [7, 11) is 4.36. The van der Waals surface area contributed by atoms with E-state index < -0.39 is 0 Å². The molecule has 6 heteroatoms. The van der Waals surface area contributed by atoms with Crippen molar-refractivity contribution in [3.05, 3.63) is 16.1 Å². The number of likely N-dealkylation sites (N-methyl/N-ethyl adjacent to an activating group) is 2. The van der Waals surface area contributed by atoms with Crippen molar-refractivity contribution >= 4 is 17.3 Å². The molecule has 0 saturated carbocycles. The average Bonchev–Trinajstić information content (AvgIpc) is 2.89. The van der Waals surface area contributed by atoms with Crippen LogP contribution in [0, 0.1) is 0 Å². The van der Waals surface area contributed by atoms with Gasteiger partial charge in [-0.3, -0.25) is 4.79 Å². The van der Waals surface area contributed by atoms with Crippen LogP contribution in [0.2, 0.25) is 0 Å². The van der Waals surface area contributed by atoms with E-state index in [4.69, 9.17) is 4.74 Å². The molecule has 118 valence electrons. The number of carbonyl (C=O) groups excluding carboxylic acids is 1. The summed E-state index contributed by atoms with van der Waals surface area (Å²) < 4.78 is 4.94. The maximum Gasteiger partial charge on any atom is 0.306 e. The van der Waals surface area contributed by atoms with E-state index in [-0.39, 0.29) is 5.97 Å². The van der Waals surface area contributed by atoms with E-state index in [0.29, 0.717) is 25.5 Å². The first-order valence-electron chi connectivity index (χ1n) is 7.56. The Morgan fingerprint density at radius 3 is 3.05 bits per heavy atom. The molecule has 1 unspecified atom stereocenters. The number of piperazine rings is 1. The van der Waals surface area contributed by atoms with Gasteiger partial charge in [-0.15, -0.1) is 11.3 Å². The summed E-state index contributed by atoms with van der Waals surface area (Å²) in [6.45, 7) is 5.62. The number of aromatic nitrogens is 1. The van der Waals surface area contributed by atoms with E-state index >= 15 is 0 Å². The molecule has 0 amide bonds. The van der Waals surface area contributed by atoms with Gasteiger partial charge < -0.3 is 14.5 Å². The molecule has 5 nitrogen and oxygen atoms in total. The van der Waals surface area contributed by atoms with Crippen molar-refractivity contribution in [1.29, 1.82) is 0 Å². The number of hydrogen-bond donors (Lipinski definition) is 0. The molecule has 1 atom stereocenters. The van der Waals surface area contributed by atoms with Gasteiger partial charge in [-0.1, -0.05) is 0 Å². The average molecular weight is 311 g/mol. The number of aryl methyl sites for hydroxylation is 1. The fourth-order valence-corrected chi connectivity index (χ4v) is 3.45. The van der Waals surface area contributed by atoms with Crippen molar-refractivity contribution in [2.24, 2.45) is 0 Å². The summed E-state index contributed by atoms with van der Waals surface area (Å²) >= 11 is 1.70. The second kappa shape index (κ2) is 7.87. The Morgan fingerprint density at radius 1 is 1.48 bits per heavy atom. The summed E-state index contributed by atoms with van der Waals surface area (Å²) in [6, 6.07) is 0.535. The normalized spacial score (nSPS) is 20.6. The van der Waals surface area contributed by atoms with Crippen LogP contribution in [0.5, 0.6) is 0 Å². The van der Waals surface area contributed by atoms with E-state index in [0.717, 1.165) is 31.7 Å². The van der Waals surface area contributed by atoms with Crippen LogP contribution in [0.3, 0.4) is 0 Å². The fourth-order valence-electron chi connectivity index (χ4n) is 2.54. The predicted octanol–water partition coefficient (Wildman–Crippen LogP) is 1.43. The van der Waals surface area contributed by atoms with Gasteiger partial charge in [-0.25, -0.2) is 4.98 Å². The molecular weight excluding hydrogens is 286 g/mol. The zero-order chi connectivity index (χ0) is 15.2. The molecule has 1 aromatic rings. The van der Waals surface area contributed by atoms with Gasteiger partial charge in [0.25, 0.3) is 0 Å². The third-order valence-electron chi connectivity index (χ3n) is 3.88. The quantitative estimate of drug-likeness (QED) is 0.744. The molecule has 21 heavy (non-hydrogen) atoms. The van der Waals surface area contributed by atoms with Crippen molar-refractivity contribution in [2.45, 2.75) is 32.2 Å². The van der Waals surface area contributed by atoms with Gasteiger partial charge in [0.2, 0.25) is 0 Å². The lowest BCUT2D eigenvalue weighted by atomic mass is 10.1. The van der Waals surface area contributed by atoms with E-state index in [1.807, 2.05) is 6.92 Å². The molecule has 0 aromatic carbocycles. The number of thiazole rings is 1. The van der Waals surface area contributed by atoms with Crippen molar-refractivity contribution in [3.63, 3.8) is 0 Å². The minimum Gasteiger partial charge on any atom is -0.466 e. The first-order chi connectivity index (χ1) is 10.1. The van der Waals surface area contributed by atoms with E-state index in [9.17, 15) is 4.79 Å². The minimum atomic E-state index is -0.138. The van der Waals surface area contributed by atoms with Crippen LogP contribution in [0.25, 0.3) is 0 Å². The summed E-state index contributed by atoms with van der Waals surface area (Å²) in [5, 5.41) is 3.24. The number of hydrogen-bond acceptors (Lipinski definition) is 6. The van der Waals surface area contributed by atoms with Crippen LogP contribution < -0.4 is 0 Å². The van der Waals surface area contributed by atoms with Crippen molar-refractivity contribution in [3.8, 4) is 0 Å². The first-order valence-corrected chi connectivity index (χ1v) is 8.44. The van der Waals surface area contributed by atoms with Crippen LogP contribution in [0.15, 0.2) is 5.38 Å². The molecule has 1 aliphatic rings.